The van der Waals surface area contributed by atoms with Crippen LogP contribution in [0.25, 0.3) is 0 Å². The third kappa shape index (κ3) is 4.74. The zero-order valence-electron chi connectivity index (χ0n) is 12.8. The summed E-state index contributed by atoms with van der Waals surface area (Å²) in [6.45, 7) is 3.67. The summed E-state index contributed by atoms with van der Waals surface area (Å²) in [7, 11) is 0. The van der Waals surface area contributed by atoms with Crippen LogP contribution < -0.4 is 10.6 Å². The quantitative estimate of drug-likeness (QED) is 0.857. The Hall–Kier alpha value is -1.98. The van der Waals surface area contributed by atoms with Crippen LogP contribution in [-0.4, -0.2) is 12.5 Å². The molecule has 0 aliphatic rings. The van der Waals surface area contributed by atoms with Crippen molar-refractivity contribution in [3.8, 4) is 0 Å². The molecule has 0 heterocycles. The third-order valence-corrected chi connectivity index (χ3v) is 3.88. The van der Waals surface area contributed by atoms with Gasteiger partial charge in [0.2, 0.25) is 5.91 Å². The van der Waals surface area contributed by atoms with Crippen molar-refractivity contribution in [1.29, 1.82) is 0 Å². The average Bonchev–Trinajstić information content (AvgIpc) is 2.51. The van der Waals surface area contributed by atoms with Crippen molar-refractivity contribution in [2.75, 3.05) is 11.9 Å². The summed E-state index contributed by atoms with van der Waals surface area (Å²) in [6, 6.07) is 8.62. The monoisotopic (exact) mass is 338 g/mol. The number of carbonyl (C=O) groups is 1. The number of benzene rings is 2. The molecule has 0 spiro atoms. The van der Waals surface area contributed by atoms with Crippen molar-refractivity contribution in [3.05, 3.63) is 64.2 Å². The van der Waals surface area contributed by atoms with Crippen LogP contribution in [0.3, 0.4) is 0 Å². The highest BCUT2D eigenvalue weighted by Gasteiger charge is 2.11. The van der Waals surface area contributed by atoms with Crippen molar-refractivity contribution in [3.63, 3.8) is 0 Å². The first kappa shape index (κ1) is 17.4. The van der Waals surface area contributed by atoms with Crippen LogP contribution in [0.1, 0.15) is 24.1 Å². The van der Waals surface area contributed by atoms with Crippen LogP contribution in [0.2, 0.25) is 5.02 Å². The molecule has 3 nitrogen and oxygen atoms in total. The normalized spacial score (nSPS) is 12.0. The molecule has 0 bridgehead atoms. The Bertz CT molecular complexity index is 722. The van der Waals surface area contributed by atoms with Crippen LogP contribution in [-0.2, 0) is 4.79 Å². The second-order valence-electron chi connectivity index (χ2n) is 5.29. The Morgan fingerprint density at radius 2 is 1.91 bits per heavy atom. The predicted octanol–water partition coefficient (Wildman–Crippen LogP) is 4.22. The lowest BCUT2D eigenvalue weighted by Crippen LogP contribution is -2.30. The van der Waals surface area contributed by atoms with E-state index in [1.54, 1.807) is 19.1 Å². The molecule has 0 aromatic heterocycles. The van der Waals surface area contributed by atoms with Crippen LogP contribution in [0.5, 0.6) is 0 Å². The molecule has 2 aromatic rings. The highest BCUT2D eigenvalue weighted by Crippen LogP contribution is 2.20. The molecule has 0 aliphatic heterocycles. The second-order valence-corrected chi connectivity index (χ2v) is 5.70. The van der Waals surface area contributed by atoms with Gasteiger partial charge in [-0.25, -0.2) is 8.78 Å². The van der Waals surface area contributed by atoms with Crippen molar-refractivity contribution in [2.24, 2.45) is 0 Å². The van der Waals surface area contributed by atoms with Gasteiger partial charge >= 0.3 is 0 Å². The van der Waals surface area contributed by atoms with E-state index in [-0.39, 0.29) is 18.5 Å². The largest absolute Gasteiger partial charge is 0.325 e. The molecule has 0 fully saturated rings. The molecule has 6 heteroatoms. The van der Waals surface area contributed by atoms with Gasteiger partial charge in [0.05, 0.1) is 6.54 Å². The first-order valence-corrected chi connectivity index (χ1v) is 7.49. The summed E-state index contributed by atoms with van der Waals surface area (Å²) >= 11 is 6.00. The van der Waals surface area contributed by atoms with E-state index >= 15 is 0 Å². The van der Waals surface area contributed by atoms with Gasteiger partial charge < -0.3 is 10.6 Å². The van der Waals surface area contributed by atoms with Crippen LogP contribution in [0.4, 0.5) is 14.5 Å². The fourth-order valence-electron chi connectivity index (χ4n) is 2.02. The van der Waals surface area contributed by atoms with E-state index in [0.29, 0.717) is 16.3 Å². The number of hydrogen-bond acceptors (Lipinski definition) is 2. The molecule has 2 aromatic carbocycles. The fourth-order valence-corrected chi connectivity index (χ4v) is 2.20. The third-order valence-electron chi connectivity index (χ3n) is 3.47. The van der Waals surface area contributed by atoms with Gasteiger partial charge in [0.1, 0.15) is 0 Å². The Kier molecular flexibility index (Phi) is 5.69. The van der Waals surface area contributed by atoms with E-state index in [1.165, 1.54) is 6.07 Å². The lowest BCUT2D eigenvalue weighted by Gasteiger charge is -2.14. The number of anilines is 1. The van der Waals surface area contributed by atoms with Crippen LogP contribution in [0.15, 0.2) is 36.4 Å². The number of carbonyl (C=O) groups excluding carboxylic acids is 1. The molecular formula is C17H17ClF2N2O. The van der Waals surface area contributed by atoms with Gasteiger partial charge in [-0.3, -0.25) is 4.79 Å². The SMILES string of the molecule is Cc1ccc(NC(=O)CN[C@@H](C)c2ccc(F)c(F)c2)cc1Cl. The summed E-state index contributed by atoms with van der Waals surface area (Å²) in [5.74, 6) is -2.05. The highest BCUT2D eigenvalue weighted by atomic mass is 35.5. The predicted molar refractivity (Wildman–Crippen MR) is 87.6 cm³/mol. The molecule has 2 N–H and O–H groups in total. The summed E-state index contributed by atoms with van der Waals surface area (Å²) in [4.78, 5) is 11.9. The fraction of sp³-hybridized carbons (Fsp3) is 0.235. The number of hydrogen-bond donors (Lipinski definition) is 2. The molecule has 0 unspecified atom stereocenters. The smallest absolute Gasteiger partial charge is 0.238 e. The summed E-state index contributed by atoms with van der Waals surface area (Å²) in [5.41, 5.74) is 2.10. The molecule has 2 rings (SSSR count). The van der Waals surface area contributed by atoms with Gasteiger partial charge in [-0.05, 0) is 49.2 Å². The maximum atomic E-state index is 13.2. The van der Waals surface area contributed by atoms with Crippen LogP contribution in [0, 0.1) is 18.6 Å². The second kappa shape index (κ2) is 7.53. The first-order valence-electron chi connectivity index (χ1n) is 7.11. The highest BCUT2D eigenvalue weighted by molar-refractivity contribution is 6.31. The van der Waals surface area contributed by atoms with Gasteiger partial charge in [-0.2, -0.15) is 0 Å². The summed E-state index contributed by atoms with van der Waals surface area (Å²) in [6.07, 6.45) is 0. The molecule has 1 atom stereocenters. The average molecular weight is 339 g/mol. The maximum absolute atomic E-state index is 13.2. The van der Waals surface area contributed by atoms with Crippen molar-refractivity contribution in [1.82, 2.24) is 5.32 Å². The minimum absolute atomic E-state index is 0.0334. The number of amides is 1. The van der Waals surface area contributed by atoms with E-state index in [2.05, 4.69) is 10.6 Å². The molecule has 122 valence electrons. The molecule has 0 saturated carbocycles. The lowest BCUT2D eigenvalue weighted by atomic mass is 10.1. The van der Waals surface area contributed by atoms with Crippen molar-refractivity contribution in [2.45, 2.75) is 19.9 Å². The minimum atomic E-state index is -0.908. The van der Waals surface area contributed by atoms with Gasteiger partial charge in [0.15, 0.2) is 11.6 Å². The Balaban J connectivity index is 1.90. The number of halogens is 3. The molecule has 23 heavy (non-hydrogen) atoms. The Labute approximate surface area is 138 Å². The number of nitrogens with one attached hydrogen (secondary N) is 2. The molecular weight excluding hydrogens is 322 g/mol. The minimum Gasteiger partial charge on any atom is -0.325 e. The van der Waals surface area contributed by atoms with Gasteiger partial charge in [-0.1, -0.05) is 23.7 Å². The van der Waals surface area contributed by atoms with Gasteiger partial charge in [0, 0.05) is 16.8 Å². The summed E-state index contributed by atoms with van der Waals surface area (Å²) < 4.78 is 26.1. The van der Waals surface area contributed by atoms with E-state index in [1.807, 2.05) is 13.0 Å². The molecule has 1 amide bonds. The number of rotatable bonds is 5. The molecule has 0 saturated heterocycles. The molecule has 0 aliphatic carbocycles. The first-order chi connectivity index (χ1) is 10.9. The standard InChI is InChI=1S/C17H17ClF2N2O/c1-10-3-5-13(8-14(10)18)22-17(23)9-21-11(2)12-4-6-15(19)16(20)7-12/h3-8,11,21H,9H2,1-2H3,(H,22,23)/t11-/m0/s1. The lowest BCUT2D eigenvalue weighted by molar-refractivity contribution is -0.115. The van der Waals surface area contributed by atoms with Crippen LogP contribution >= 0.6 is 11.6 Å². The summed E-state index contributed by atoms with van der Waals surface area (Å²) in [5, 5.41) is 6.25. The van der Waals surface area contributed by atoms with E-state index in [9.17, 15) is 13.6 Å². The maximum Gasteiger partial charge on any atom is 0.238 e. The van der Waals surface area contributed by atoms with E-state index < -0.39 is 11.6 Å². The molecule has 0 radical (unpaired) electrons. The van der Waals surface area contributed by atoms with Crippen molar-refractivity contribution >= 4 is 23.2 Å². The van der Waals surface area contributed by atoms with Crippen molar-refractivity contribution < 1.29 is 13.6 Å². The van der Waals surface area contributed by atoms with E-state index in [0.717, 1.165) is 17.7 Å². The zero-order valence-corrected chi connectivity index (χ0v) is 13.5. The Morgan fingerprint density at radius 1 is 1.17 bits per heavy atom. The number of aryl methyl sites for hydroxylation is 1. The topological polar surface area (TPSA) is 41.1 Å². The van der Waals surface area contributed by atoms with E-state index in [4.69, 9.17) is 11.6 Å². The van der Waals surface area contributed by atoms with Gasteiger partial charge in [0.25, 0.3) is 0 Å². The van der Waals surface area contributed by atoms with Gasteiger partial charge in [-0.15, -0.1) is 0 Å². The Morgan fingerprint density at radius 3 is 2.57 bits per heavy atom. The zero-order chi connectivity index (χ0) is 17.0.